The topological polar surface area (TPSA) is 67.8 Å². The Morgan fingerprint density at radius 3 is 2.52 bits per heavy atom. The Morgan fingerprint density at radius 1 is 1.10 bits per heavy atom. The molecule has 0 atom stereocenters. The lowest BCUT2D eigenvalue weighted by atomic mass is 9.89. The number of hydrogen-bond acceptors (Lipinski definition) is 4. The fourth-order valence-corrected chi connectivity index (χ4v) is 2.65. The molecule has 0 spiro atoms. The van der Waals surface area contributed by atoms with Crippen LogP contribution in [0.3, 0.4) is 0 Å². The number of carbonyl (C=O) groups excluding carboxylic acids is 1. The zero-order valence-corrected chi connectivity index (χ0v) is 11.8. The van der Waals surface area contributed by atoms with Gasteiger partial charge in [0.2, 0.25) is 5.91 Å². The first-order valence-corrected chi connectivity index (χ1v) is 7.36. The predicted molar refractivity (Wildman–Crippen MR) is 80.5 cm³/mol. The first-order chi connectivity index (χ1) is 10.3. The van der Waals surface area contributed by atoms with Gasteiger partial charge in [-0.25, -0.2) is 9.97 Å². The number of rotatable bonds is 3. The van der Waals surface area contributed by atoms with Crippen molar-refractivity contribution in [3.05, 3.63) is 36.9 Å². The van der Waals surface area contributed by atoms with Crippen LogP contribution in [0.25, 0.3) is 11.4 Å². The molecule has 0 radical (unpaired) electrons. The average molecular weight is 282 g/mol. The van der Waals surface area contributed by atoms with Crippen molar-refractivity contribution in [2.75, 3.05) is 5.32 Å². The number of pyridine rings is 1. The molecule has 0 aromatic carbocycles. The zero-order valence-electron chi connectivity index (χ0n) is 11.8. The number of aromatic nitrogens is 3. The number of nitrogens with one attached hydrogen (secondary N) is 1. The Labute approximate surface area is 123 Å². The Hall–Kier alpha value is -2.30. The van der Waals surface area contributed by atoms with Gasteiger partial charge in [-0.1, -0.05) is 19.3 Å². The molecule has 5 nitrogen and oxygen atoms in total. The van der Waals surface area contributed by atoms with Gasteiger partial charge in [-0.3, -0.25) is 9.78 Å². The summed E-state index contributed by atoms with van der Waals surface area (Å²) in [5.41, 5.74) is 1.51. The van der Waals surface area contributed by atoms with E-state index in [1.54, 1.807) is 24.8 Å². The van der Waals surface area contributed by atoms with E-state index >= 15 is 0 Å². The molecule has 2 aromatic heterocycles. The Balaban J connectivity index is 1.65. The van der Waals surface area contributed by atoms with E-state index in [0.29, 0.717) is 11.5 Å². The zero-order chi connectivity index (χ0) is 14.5. The molecule has 0 bridgehead atoms. The molecule has 1 aliphatic rings. The molecule has 2 aromatic rings. The number of hydrogen-bond donors (Lipinski definition) is 1. The van der Waals surface area contributed by atoms with Crippen molar-refractivity contribution in [2.24, 2.45) is 5.92 Å². The van der Waals surface area contributed by atoms with Crippen LogP contribution in [0, 0.1) is 5.92 Å². The van der Waals surface area contributed by atoms with Crippen molar-refractivity contribution in [3.8, 4) is 11.4 Å². The maximum atomic E-state index is 12.1. The van der Waals surface area contributed by atoms with Crippen LogP contribution in [0.1, 0.15) is 32.1 Å². The van der Waals surface area contributed by atoms with E-state index in [1.807, 2.05) is 12.1 Å². The third kappa shape index (κ3) is 3.42. The quantitative estimate of drug-likeness (QED) is 0.939. The second-order valence-corrected chi connectivity index (χ2v) is 5.36. The maximum absolute atomic E-state index is 12.1. The van der Waals surface area contributed by atoms with Gasteiger partial charge in [-0.05, 0) is 25.0 Å². The van der Waals surface area contributed by atoms with Crippen LogP contribution in [0.15, 0.2) is 36.9 Å². The highest BCUT2D eigenvalue weighted by molar-refractivity contribution is 5.92. The fourth-order valence-electron chi connectivity index (χ4n) is 2.65. The Morgan fingerprint density at radius 2 is 1.86 bits per heavy atom. The van der Waals surface area contributed by atoms with Gasteiger partial charge >= 0.3 is 0 Å². The van der Waals surface area contributed by atoms with Crippen LogP contribution in [0.5, 0.6) is 0 Å². The SMILES string of the molecule is O=C(Nc1cnc(-c2cccnc2)nc1)C1CCCCC1. The van der Waals surface area contributed by atoms with Crippen LogP contribution in [-0.4, -0.2) is 20.9 Å². The third-order valence-corrected chi connectivity index (χ3v) is 3.82. The molecule has 0 aliphatic heterocycles. The minimum Gasteiger partial charge on any atom is -0.323 e. The fraction of sp³-hybridized carbons (Fsp3) is 0.375. The molecule has 1 aliphatic carbocycles. The van der Waals surface area contributed by atoms with Gasteiger partial charge in [0.1, 0.15) is 0 Å². The summed E-state index contributed by atoms with van der Waals surface area (Å²) in [6, 6.07) is 3.75. The smallest absolute Gasteiger partial charge is 0.227 e. The number of amides is 1. The molecule has 0 unspecified atom stereocenters. The van der Waals surface area contributed by atoms with E-state index in [2.05, 4.69) is 20.3 Å². The van der Waals surface area contributed by atoms with E-state index in [0.717, 1.165) is 31.2 Å². The molecule has 3 rings (SSSR count). The number of carbonyl (C=O) groups is 1. The standard InChI is InChI=1S/C16H18N4O/c21-16(12-5-2-1-3-6-12)20-14-10-18-15(19-11-14)13-7-4-8-17-9-13/h4,7-12H,1-3,5-6H2,(H,20,21). The lowest BCUT2D eigenvalue weighted by Crippen LogP contribution is -2.24. The lowest BCUT2D eigenvalue weighted by Gasteiger charge is -2.20. The van der Waals surface area contributed by atoms with E-state index in [4.69, 9.17) is 0 Å². The first kappa shape index (κ1) is 13.7. The highest BCUT2D eigenvalue weighted by Gasteiger charge is 2.21. The molecule has 0 saturated heterocycles. The summed E-state index contributed by atoms with van der Waals surface area (Å²) >= 11 is 0. The summed E-state index contributed by atoms with van der Waals surface area (Å²) < 4.78 is 0. The minimum absolute atomic E-state index is 0.0902. The van der Waals surface area contributed by atoms with Crippen LogP contribution in [0.4, 0.5) is 5.69 Å². The summed E-state index contributed by atoms with van der Waals surface area (Å²) in [6.45, 7) is 0. The van der Waals surface area contributed by atoms with Crippen LogP contribution < -0.4 is 5.32 Å². The first-order valence-electron chi connectivity index (χ1n) is 7.36. The molecule has 1 amide bonds. The molecule has 1 N–H and O–H groups in total. The van der Waals surface area contributed by atoms with Crippen molar-refractivity contribution in [3.63, 3.8) is 0 Å². The molecule has 5 heteroatoms. The van der Waals surface area contributed by atoms with Crippen LogP contribution >= 0.6 is 0 Å². The minimum atomic E-state index is 0.0902. The second-order valence-electron chi connectivity index (χ2n) is 5.36. The van der Waals surface area contributed by atoms with Crippen LogP contribution in [-0.2, 0) is 4.79 Å². The highest BCUT2D eigenvalue weighted by atomic mass is 16.1. The second kappa shape index (κ2) is 6.43. The molecular formula is C16H18N4O. The predicted octanol–water partition coefficient (Wildman–Crippen LogP) is 3.06. The summed E-state index contributed by atoms with van der Waals surface area (Å²) in [7, 11) is 0. The average Bonchev–Trinajstić information content (AvgIpc) is 2.57. The van der Waals surface area contributed by atoms with E-state index in [9.17, 15) is 4.79 Å². The molecular weight excluding hydrogens is 264 g/mol. The summed E-state index contributed by atoms with van der Waals surface area (Å²) in [5.74, 6) is 0.836. The van der Waals surface area contributed by atoms with Gasteiger partial charge in [0, 0.05) is 23.9 Å². The molecule has 21 heavy (non-hydrogen) atoms. The monoisotopic (exact) mass is 282 g/mol. The Kier molecular flexibility index (Phi) is 4.19. The van der Waals surface area contributed by atoms with Crippen molar-refractivity contribution in [1.82, 2.24) is 15.0 Å². The lowest BCUT2D eigenvalue weighted by molar-refractivity contribution is -0.120. The molecule has 1 saturated carbocycles. The van der Waals surface area contributed by atoms with Gasteiger partial charge < -0.3 is 5.32 Å². The van der Waals surface area contributed by atoms with E-state index < -0.39 is 0 Å². The van der Waals surface area contributed by atoms with Gasteiger partial charge in [-0.2, -0.15) is 0 Å². The van der Waals surface area contributed by atoms with Gasteiger partial charge in [0.15, 0.2) is 5.82 Å². The van der Waals surface area contributed by atoms with Gasteiger partial charge in [-0.15, -0.1) is 0 Å². The number of nitrogens with zero attached hydrogens (tertiary/aromatic N) is 3. The molecule has 108 valence electrons. The van der Waals surface area contributed by atoms with E-state index in [1.165, 1.54) is 6.42 Å². The largest absolute Gasteiger partial charge is 0.323 e. The maximum Gasteiger partial charge on any atom is 0.227 e. The molecule has 1 fully saturated rings. The van der Waals surface area contributed by atoms with Gasteiger partial charge in [0.25, 0.3) is 0 Å². The summed E-state index contributed by atoms with van der Waals surface area (Å²) in [5, 5.41) is 2.91. The summed E-state index contributed by atoms with van der Waals surface area (Å²) in [6.07, 6.45) is 12.2. The van der Waals surface area contributed by atoms with Crippen molar-refractivity contribution in [2.45, 2.75) is 32.1 Å². The number of anilines is 1. The van der Waals surface area contributed by atoms with E-state index in [-0.39, 0.29) is 11.8 Å². The highest BCUT2D eigenvalue weighted by Crippen LogP contribution is 2.25. The van der Waals surface area contributed by atoms with Crippen molar-refractivity contribution >= 4 is 11.6 Å². The Bertz CT molecular complexity index is 591. The van der Waals surface area contributed by atoms with Crippen molar-refractivity contribution < 1.29 is 4.79 Å². The summed E-state index contributed by atoms with van der Waals surface area (Å²) in [4.78, 5) is 24.8. The molecule has 2 heterocycles. The van der Waals surface area contributed by atoms with Crippen LogP contribution in [0.2, 0.25) is 0 Å². The third-order valence-electron chi connectivity index (χ3n) is 3.82. The normalized spacial score (nSPS) is 15.6. The van der Waals surface area contributed by atoms with Crippen molar-refractivity contribution in [1.29, 1.82) is 0 Å². The van der Waals surface area contributed by atoms with Gasteiger partial charge in [0.05, 0.1) is 18.1 Å².